The predicted octanol–water partition coefficient (Wildman–Crippen LogP) is 4.10. The zero-order chi connectivity index (χ0) is 19.2. The average Bonchev–Trinajstić information content (AvgIpc) is 2.61. The van der Waals surface area contributed by atoms with Crippen molar-refractivity contribution in [1.82, 2.24) is 4.72 Å². The molecular formula is C20H26N2O3S. The highest BCUT2D eigenvalue weighted by Gasteiger charge is 2.22. The van der Waals surface area contributed by atoms with Crippen LogP contribution in [0.4, 0.5) is 5.69 Å². The van der Waals surface area contributed by atoms with Crippen molar-refractivity contribution in [3.05, 3.63) is 60.2 Å². The van der Waals surface area contributed by atoms with Crippen LogP contribution in [0.25, 0.3) is 0 Å². The van der Waals surface area contributed by atoms with Gasteiger partial charge in [-0.2, -0.15) is 0 Å². The van der Waals surface area contributed by atoms with Crippen LogP contribution in [0.1, 0.15) is 45.2 Å². The molecule has 2 aromatic carbocycles. The second kappa shape index (κ2) is 8.96. The zero-order valence-electron chi connectivity index (χ0n) is 15.4. The molecule has 0 fully saturated rings. The summed E-state index contributed by atoms with van der Waals surface area (Å²) in [5, 5.41) is 2.71. The molecule has 0 saturated heterocycles. The fourth-order valence-corrected chi connectivity index (χ4v) is 3.87. The molecule has 0 heterocycles. The van der Waals surface area contributed by atoms with Crippen LogP contribution >= 0.6 is 0 Å². The first kappa shape index (κ1) is 20.1. The lowest BCUT2D eigenvalue weighted by molar-refractivity contribution is -0.115. The van der Waals surface area contributed by atoms with Gasteiger partial charge in [0.25, 0.3) is 0 Å². The van der Waals surface area contributed by atoms with Gasteiger partial charge in [-0.1, -0.05) is 51.1 Å². The fraction of sp³-hybridized carbons (Fsp3) is 0.350. The second-order valence-corrected chi connectivity index (χ2v) is 8.35. The molecule has 0 aliphatic rings. The predicted molar refractivity (Wildman–Crippen MR) is 104 cm³/mol. The van der Waals surface area contributed by atoms with Gasteiger partial charge in [0, 0.05) is 18.2 Å². The molecule has 140 valence electrons. The number of amides is 1. The third-order valence-electron chi connectivity index (χ3n) is 3.98. The number of nitrogens with one attached hydrogen (secondary N) is 2. The number of hydrogen-bond donors (Lipinski definition) is 2. The van der Waals surface area contributed by atoms with E-state index in [0.29, 0.717) is 24.4 Å². The van der Waals surface area contributed by atoms with Gasteiger partial charge in [-0.05, 0) is 42.2 Å². The standard InChI is InChI=1S/C20H26N2O3S/c1-4-20(23)21-17-10-12-18(13-11-17)26(24,25)22-19(14-15(2)3)16-8-6-5-7-9-16/h5-13,15,19,22H,4,14H2,1-3H3,(H,21,23). The van der Waals surface area contributed by atoms with Crippen molar-refractivity contribution < 1.29 is 13.2 Å². The third kappa shape index (κ3) is 5.68. The van der Waals surface area contributed by atoms with Gasteiger partial charge in [0.05, 0.1) is 4.90 Å². The highest BCUT2D eigenvalue weighted by molar-refractivity contribution is 7.89. The highest BCUT2D eigenvalue weighted by atomic mass is 32.2. The molecule has 0 aromatic heterocycles. The quantitative estimate of drug-likeness (QED) is 0.730. The summed E-state index contributed by atoms with van der Waals surface area (Å²) in [5.74, 6) is 0.231. The molecular weight excluding hydrogens is 348 g/mol. The van der Waals surface area contributed by atoms with Crippen LogP contribution in [-0.4, -0.2) is 14.3 Å². The molecule has 0 radical (unpaired) electrons. The summed E-state index contributed by atoms with van der Waals surface area (Å²) >= 11 is 0. The van der Waals surface area contributed by atoms with Gasteiger partial charge in [0.2, 0.25) is 15.9 Å². The zero-order valence-corrected chi connectivity index (χ0v) is 16.2. The molecule has 0 spiro atoms. The van der Waals surface area contributed by atoms with Crippen LogP contribution in [-0.2, 0) is 14.8 Å². The minimum absolute atomic E-state index is 0.111. The lowest BCUT2D eigenvalue weighted by Gasteiger charge is -2.21. The fourth-order valence-electron chi connectivity index (χ4n) is 2.63. The van der Waals surface area contributed by atoms with Crippen molar-refractivity contribution in [3.63, 3.8) is 0 Å². The SMILES string of the molecule is CCC(=O)Nc1ccc(S(=O)(=O)NC(CC(C)C)c2ccccc2)cc1. The van der Waals surface area contributed by atoms with E-state index in [1.807, 2.05) is 30.3 Å². The van der Waals surface area contributed by atoms with E-state index in [9.17, 15) is 13.2 Å². The van der Waals surface area contributed by atoms with Crippen molar-refractivity contribution in [2.45, 2.75) is 44.6 Å². The average molecular weight is 375 g/mol. The van der Waals surface area contributed by atoms with Crippen molar-refractivity contribution in [2.75, 3.05) is 5.32 Å². The van der Waals surface area contributed by atoms with Crippen molar-refractivity contribution in [3.8, 4) is 0 Å². The minimum Gasteiger partial charge on any atom is -0.326 e. The Kier molecular flexibility index (Phi) is 6.94. The normalized spacial score (nSPS) is 12.8. The first-order chi connectivity index (χ1) is 12.3. The van der Waals surface area contributed by atoms with Gasteiger partial charge in [-0.25, -0.2) is 13.1 Å². The number of rotatable bonds is 8. The van der Waals surface area contributed by atoms with Gasteiger partial charge in [0.1, 0.15) is 0 Å². The second-order valence-electron chi connectivity index (χ2n) is 6.64. The smallest absolute Gasteiger partial charge is 0.241 e. The third-order valence-corrected chi connectivity index (χ3v) is 5.46. The van der Waals surface area contributed by atoms with Crippen molar-refractivity contribution in [1.29, 1.82) is 0 Å². The van der Waals surface area contributed by atoms with E-state index in [4.69, 9.17) is 0 Å². The van der Waals surface area contributed by atoms with Crippen molar-refractivity contribution in [2.24, 2.45) is 5.92 Å². The van der Waals surface area contributed by atoms with E-state index in [1.165, 1.54) is 12.1 Å². The molecule has 2 N–H and O–H groups in total. The van der Waals surface area contributed by atoms with E-state index in [-0.39, 0.29) is 16.8 Å². The number of hydrogen-bond acceptors (Lipinski definition) is 3. The number of anilines is 1. The summed E-state index contributed by atoms with van der Waals surface area (Å²) in [4.78, 5) is 11.6. The monoisotopic (exact) mass is 374 g/mol. The van der Waals surface area contributed by atoms with Gasteiger partial charge >= 0.3 is 0 Å². The topological polar surface area (TPSA) is 75.3 Å². The van der Waals surface area contributed by atoms with E-state index in [0.717, 1.165) is 5.56 Å². The summed E-state index contributed by atoms with van der Waals surface area (Å²) in [6, 6.07) is 15.5. The Morgan fingerprint density at radius 2 is 1.62 bits per heavy atom. The summed E-state index contributed by atoms with van der Waals surface area (Å²) in [7, 11) is -3.67. The lowest BCUT2D eigenvalue weighted by atomic mass is 9.98. The molecule has 0 bridgehead atoms. The first-order valence-electron chi connectivity index (χ1n) is 8.79. The summed E-state index contributed by atoms with van der Waals surface area (Å²) in [5.41, 5.74) is 1.52. The molecule has 0 aliphatic heterocycles. The van der Waals surface area contributed by atoms with Gasteiger partial charge in [-0.3, -0.25) is 4.79 Å². The van der Waals surface area contributed by atoms with Crippen molar-refractivity contribution >= 4 is 21.6 Å². The van der Waals surface area contributed by atoms with E-state index in [2.05, 4.69) is 23.9 Å². The number of carbonyl (C=O) groups excluding carboxylic acids is 1. The molecule has 1 unspecified atom stereocenters. The molecule has 5 nitrogen and oxygen atoms in total. The Balaban J connectivity index is 2.20. The maximum absolute atomic E-state index is 12.8. The van der Waals surface area contributed by atoms with E-state index < -0.39 is 10.0 Å². The summed E-state index contributed by atoms with van der Waals surface area (Å²) in [6.07, 6.45) is 1.07. The Morgan fingerprint density at radius 3 is 2.15 bits per heavy atom. The van der Waals surface area contributed by atoms with Gasteiger partial charge < -0.3 is 5.32 Å². The number of carbonyl (C=O) groups is 1. The first-order valence-corrected chi connectivity index (χ1v) is 10.3. The maximum atomic E-state index is 12.8. The number of benzene rings is 2. The Labute approximate surface area is 155 Å². The van der Waals surface area contributed by atoms with Crippen LogP contribution in [0.2, 0.25) is 0 Å². The Bertz CT molecular complexity index is 816. The lowest BCUT2D eigenvalue weighted by Crippen LogP contribution is -2.29. The Morgan fingerprint density at radius 1 is 1.00 bits per heavy atom. The molecule has 1 atom stereocenters. The molecule has 0 saturated carbocycles. The molecule has 26 heavy (non-hydrogen) atoms. The molecule has 0 aliphatic carbocycles. The van der Waals surface area contributed by atoms with Gasteiger partial charge in [-0.15, -0.1) is 0 Å². The van der Waals surface area contributed by atoms with Crippen LogP contribution < -0.4 is 10.0 Å². The largest absolute Gasteiger partial charge is 0.326 e. The highest BCUT2D eigenvalue weighted by Crippen LogP contribution is 2.24. The van der Waals surface area contributed by atoms with Gasteiger partial charge in [0.15, 0.2) is 0 Å². The van der Waals surface area contributed by atoms with Crippen LogP contribution in [0.15, 0.2) is 59.5 Å². The maximum Gasteiger partial charge on any atom is 0.241 e. The van der Waals surface area contributed by atoms with E-state index in [1.54, 1.807) is 19.1 Å². The minimum atomic E-state index is -3.67. The molecule has 2 aromatic rings. The molecule has 2 rings (SSSR count). The molecule has 1 amide bonds. The molecule has 6 heteroatoms. The number of sulfonamides is 1. The van der Waals surface area contributed by atoms with E-state index >= 15 is 0 Å². The van der Waals surface area contributed by atoms with Crippen LogP contribution in [0.5, 0.6) is 0 Å². The Hall–Kier alpha value is -2.18. The summed E-state index contributed by atoms with van der Waals surface area (Å²) < 4.78 is 28.4. The van der Waals surface area contributed by atoms with Crippen LogP contribution in [0, 0.1) is 5.92 Å². The summed E-state index contributed by atoms with van der Waals surface area (Å²) in [6.45, 7) is 5.89. The van der Waals surface area contributed by atoms with Crippen LogP contribution in [0.3, 0.4) is 0 Å².